The van der Waals surface area contributed by atoms with Gasteiger partial charge in [0.25, 0.3) is 5.91 Å². The summed E-state index contributed by atoms with van der Waals surface area (Å²) < 4.78 is 5.29. The molecule has 2 rings (SSSR count). The number of hydrogen-bond acceptors (Lipinski definition) is 5. The predicted octanol–water partition coefficient (Wildman–Crippen LogP) is 0.575. The molecule has 110 valence electrons. The number of amides is 1. The molecule has 6 heteroatoms. The van der Waals surface area contributed by atoms with Crippen LogP contribution in [0.2, 0.25) is 0 Å². The van der Waals surface area contributed by atoms with E-state index in [2.05, 4.69) is 20.5 Å². The Morgan fingerprint density at radius 3 is 3.00 bits per heavy atom. The smallest absolute Gasteiger partial charge is 0.253 e. The van der Waals surface area contributed by atoms with Crippen molar-refractivity contribution in [2.45, 2.75) is 6.92 Å². The van der Waals surface area contributed by atoms with Crippen molar-refractivity contribution in [1.29, 1.82) is 0 Å². The zero-order valence-electron chi connectivity index (χ0n) is 11.9. The lowest BCUT2D eigenvalue weighted by Crippen LogP contribution is -2.41. The highest BCUT2D eigenvalue weighted by Gasteiger charge is 2.12. The molecule has 0 spiro atoms. The summed E-state index contributed by atoms with van der Waals surface area (Å²) >= 11 is 0. The van der Waals surface area contributed by atoms with E-state index in [0.717, 1.165) is 45.1 Å². The summed E-state index contributed by atoms with van der Waals surface area (Å²) in [5, 5.41) is 6.10. The Kier molecular flexibility index (Phi) is 5.76. The minimum Gasteiger partial charge on any atom is -0.383 e. The molecule has 2 N–H and O–H groups in total. The van der Waals surface area contributed by atoms with Gasteiger partial charge in [0.2, 0.25) is 0 Å². The molecule has 0 radical (unpaired) electrons. The fourth-order valence-corrected chi connectivity index (χ4v) is 2.17. The predicted molar refractivity (Wildman–Crippen MR) is 78.0 cm³/mol. The summed E-state index contributed by atoms with van der Waals surface area (Å²) in [6.45, 7) is 7.70. The molecule has 6 nitrogen and oxygen atoms in total. The highest BCUT2D eigenvalue weighted by Crippen LogP contribution is 2.12. The molecule has 1 fully saturated rings. The fourth-order valence-electron chi connectivity index (χ4n) is 2.17. The lowest BCUT2D eigenvalue weighted by atomic mass is 10.2. The number of carbonyl (C=O) groups is 1. The number of aromatic nitrogens is 1. The molecular formula is C14H22N4O2. The molecule has 0 aliphatic carbocycles. The Labute approximate surface area is 119 Å². The number of nitrogens with one attached hydrogen (secondary N) is 2. The van der Waals surface area contributed by atoms with Gasteiger partial charge in [-0.2, -0.15) is 0 Å². The SMILES string of the molecule is CCNc1cnccc1C(=O)NCCN1CCOCC1. The van der Waals surface area contributed by atoms with E-state index in [-0.39, 0.29) is 5.91 Å². The van der Waals surface area contributed by atoms with Crippen molar-refractivity contribution in [3.63, 3.8) is 0 Å². The van der Waals surface area contributed by atoms with Crippen LogP contribution in [0.3, 0.4) is 0 Å². The summed E-state index contributed by atoms with van der Waals surface area (Å²) in [6.07, 6.45) is 3.32. The third kappa shape index (κ3) is 4.18. The van der Waals surface area contributed by atoms with Gasteiger partial charge in [0.05, 0.1) is 30.7 Å². The summed E-state index contributed by atoms with van der Waals surface area (Å²) in [5.41, 5.74) is 1.42. The Morgan fingerprint density at radius 2 is 2.25 bits per heavy atom. The maximum atomic E-state index is 12.2. The molecule has 2 heterocycles. The molecular weight excluding hydrogens is 256 g/mol. The van der Waals surface area contributed by atoms with E-state index in [1.54, 1.807) is 18.5 Å². The zero-order valence-corrected chi connectivity index (χ0v) is 11.9. The van der Waals surface area contributed by atoms with Gasteiger partial charge in [0.15, 0.2) is 0 Å². The molecule has 20 heavy (non-hydrogen) atoms. The molecule has 0 unspecified atom stereocenters. The first-order valence-corrected chi connectivity index (χ1v) is 7.07. The molecule has 1 saturated heterocycles. The van der Waals surface area contributed by atoms with Gasteiger partial charge in [-0.05, 0) is 13.0 Å². The average molecular weight is 278 g/mol. The van der Waals surface area contributed by atoms with Gasteiger partial charge in [-0.25, -0.2) is 0 Å². The van der Waals surface area contributed by atoms with Gasteiger partial charge in [0.1, 0.15) is 0 Å². The summed E-state index contributed by atoms with van der Waals surface area (Å²) in [4.78, 5) is 18.5. The first kappa shape index (κ1) is 14.7. The number of ether oxygens (including phenoxy) is 1. The minimum atomic E-state index is -0.0587. The van der Waals surface area contributed by atoms with E-state index in [1.165, 1.54) is 0 Å². The normalized spacial score (nSPS) is 15.8. The van der Waals surface area contributed by atoms with Crippen LogP contribution in [0.4, 0.5) is 5.69 Å². The number of carbonyl (C=O) groups excluding carboxylic acids is 1. The van der Waals surface area contributed by atoms with Crippen molar-refractivity contribution >= 4 is 11.6 Å². The quantitative estimate of drug-likeness (QED) is 0.796. The standard InChI is InChI=1S/C14H22N4O2/c1-2-16-13-11-15-4-3-12(13)14(19)17-5-6-18-7-9-20-10-8-18/h3-4,11,16H,2,5-10H2,1H3,(H,17,19). The first-order chi connectivity index (χ1) is 9.81. The van der Waals surface area contributed by atoms with Gasteiger partial charge >= 0.3 is 0 Å². The van der Waals surface area contributed by atoms with Crippen molar-refractivity contribution in [3.8, 4) is 0 Å². The van der Waals surface area contributed by atoms with Crippen molar-refractivity contribution in [2.75, 3.05) is 51.3 Å². The van der Waals surface area contributed by atoms with Crippen LogP contribution in [0.15, 0.2) is 18.5 Å². The van der Waals surface area contributed by atoms with E-state index >= 15 is 0 Å². The highest BCUT2D eigenvalue weighted by molar-refractivity contribution is 5.99. The lowest BCUT2D eigenvalue weighted by molar-refractivity contribution is 0.0383. The average Bonchev–Trinajstić information content (AvgIpc) is 2.49. The highest BCUT2D eigenvalue weighted by atomic mass is 16.5. The second kappa shape index (κ2) is 7.81. The Bertz CT molecular complexity index is 433. The van der Waals surface area contributed by atoms with Crippen LogP contribution < -0.4 is 10.6 Å². The number of nitrogens with zero attached hydrogens (tertiary/aromatic N) is 2. The summed E-state index contributed by atoms with van der Waals surface area (Å²) in [6, 6.07) is 1.74. The monoisotopic (exact) mass is 278 g/mol. The molecule has 1 aliphatic rings. The van der Waals surface area contributed by atoms with Crippen LogP contribution in [0.1, 0.15) is 17.3 Å². The van der Waals surface area contributed by atoms with E-state index < -0.39 is 0 Å². The Balaban J connectivity index is 1.82. The number of rotatable bonds is 6. The summed E-state index contributed by atoms with van der Waals surface area (Å²) in [5.74, 6) is -0.0587. The molecule has 0 atom stereocenters. The third-order valence-corrected chi connectivity index (χ3v) is 3.25. The second-order valence-corrected chi connectivity index (χ2v) is 4.66. The molecule has 1 aromatic rings. The molecule has 1 aliphatic heterocycles. The minimum absolute atomic E-state index is 0.0587. The van der Waals surface area contributed by atoms with E-state index in [0.29, 0.717) is 12.1 Å². The lowest BCUT2D eigenvalue weighted by Gasteiger charge is -2.26. The van der Waals surface area contributed by atoms with Crippen LogP contribution >= 0.6 is 0 Å². The van der Waals surface area contributed by atoms with Gasteiger partial charge in [-0.3, -0.25) is 14.7 Å². The van der Waals surface area contributed by atoms with Gasteiger partial charge in [-0.15, -0.1) is 0 Å². The van der Waals surface area contributed by atoms with Gasteiger partial charge in [-0.1, -0.05) is 0 Å². The summed E-state index contributed by atoms with van der Waals surface area (Å²) in [7, 11) is 0. The van der Waals surface area contributed by atoms with Crippen molar-refractivity contribution in [2.24, 2.45) is 0 Å². The number of pyridine rings is 1. The van der Waals surface area contributed by atoms with Crippen LogP contribution in [0.5, 0.6) is 0 Å². The second-order valence-electron chi connectivity index (χ2n) is 4.66. The van der Waals surface area contributed by atoms with Crippen LogP contribution in [0.25, 0.3) is 0 Å². The van der Waals surface area contributed by atoms with Crippen LogP contribution in [-0.4, -0.2) is 61.7 Å². The third-order valence-electron chi connectivity index (χ3n) is 3.25. The maximum absolute atomic E-state index is 12.2. The molecule has 1 aromatic heterocycles. The maximum Gasteiger partial charge on any atom is 0.253 e. The largest absolute Gasteiger partial charge is 0.383 e. The Morgan fingerprint density at radius 1 is 1.45 bits per heavy atom. The first-order valence-electron chi connectivity index (χ1n) is 7.07. The van der Waals surface area contributed by atoms with Crippen LogP contribution in [0, 0.1) is 0 Å². The number of anilines is 1. The molecule has 0 bridgehead atoms. The Hall–Kier alpha value is -1.66. The molecule has 1 amide bonds. The molecule has 0 aromatic carbocycles. The fraction of sp³-hybridized carbons (Fsp3) is 0.571. The number of hydrogen-bond donors (Lipinski definition) is 2. The van der Waals surface area contributed by atoms with E-state index in [4.69, 9.17) is 4.74 Å². The van der Waals surface area contributed by atoms with Crippen molar-refractivity contribution < 1.29 is 9.53 Å². The van der Waals surface area contributed by atoms with Crippen LogP contribution in [-0.2, 0) is 4.74 Å². The zero-order chi connectivity index (χ0) is 14.2. The number of morpholine rings is 1. The van der Waals surface area contributed by atoms with E-state index in [1.807, 2.05) is 6.92 Å². The molecule has 0 saturated carbocycles. The van der Waals surface area contributed by atoms with E-state index in [9.17, 15) is 4.79 Å². The topological polar surface area (TPSA) is 66.5 Å². The van der Waals surface area contributed by atoms with Crippen molar-refractivity contribution in [3.05, 3.63) is 24.0 Å². The van der Waals surface area contributed by atoms with Gasteiger partial charge < -0.3 is 15.4 Å². The van der Waals surface area contributed by atoms with Crippen molar-refractivity contribution in [1.82, 2.24) is 15.2 Å². The van der Waals surface area contributed by atoms with Gasteiger partial charge in [0, 0.05) is 38.9 Å².